The highest BCUT2D eigenvalue weighted by Gasteiger charge is 2.23. The van der Waals surface area contributed by atoms with Crippen molar-refractivity contribution in [3.05, 3.63) is 46.5 Å². The predicted molar refractivity (Wildman–Crippen MR) is 75.4 cm³/mol. The van der Waals surface area contributed by atoms with Gasteiger partial charge in [0.15, 0.2) is 5.82 Å². The Morgan fingerprint density at radius 1 is 1.05 bits per heavy atom. The highest BCUT2D eigenvalue weighted by Crippen LogP contribution is 2.35. The summed E-state index contributed by atoms with van der Waals surface area (Å²) in [6.07, 6.45) is 1.85. The van der Waals surface area contributed by atoms with Gasteiger partial charge in [-0.1, -0.05) is 53.5 Å². The highest BCUT2D eigenvalue weighted by molar-refractivity contribution is 6.37. The molecule has 5 heteroatoms. The third kappa shape index (κ3) is 2.59. The van der Waals surface area contributed by atoms with Crippen molar-refractivity contribution >= 4 is 23.2 Å². The quantitative estimate of drug-likeness (QED) is 0.775. The van der Waals surface area contributed by atoms with E-state index in [1.54, 1.807) is 0 Å². The van der Waals surface area contributed by atoms with E-state index in [9.17, 15) is 0 Å². The van der Waals surface area contributed by atoms with E-state index in [0.717, 1.165) is 25.0 Å². The van der Waals surface area contributed by atoms with E-state index in [4.69, 9.17) is 27.9 Å². The molecule has 1 atom stereocenters. The van der Waals surface area contributed by atoms with Gasteiger partial charge in [0.25, 0.3) is 0 Å². The zero-order valence-electron chi connectivity index (χ0n) is 10.1. The van der Waals surface area contributed by atoms with Crippen LogP contribution >= 0.6 is 23.2 Å². The van der Waals surface area contributed by atoms with Gasteiger partial charge in [0.2, 0.25) is 0 Å². The monoisotopic (exact) mass is 294 g/mol. The Labute approximate surface area is 121 Å². The molecular formula is C14H12Cl2N2O. The van der Waals surface area contributed by atoms with Crippen LogP contribution in [0.2, 0.25) is 10.3 Å². The van der Waals surface area contributed by atoms with Gasteiger partial charge in [0.1, 0.15) is 16.4 Å². The summed E-state index contributed by atoms with van der Waals surface area (Å²) in [7, 11) is 0. The lowest BCUT2D eigenvalue weighted by molar-refractivity contribution is 0.105. The van der Waals surface area contributed by atoms with Crippen molar-refractivity contribution in [3.63, 3.8) is 0 Å². The molecule has 0 saturated carbocycles. The molecule has 0 bridgehead atoms. The predicted octanol–water partition coefficient (Wildman–Crippen LogP) is 4.30. The van der Waals surface area contributed by atoms with Crippen LogP contribution in [0.15, 0.2) is 30.3 Å². The molecule has 2 heterocycles. The Balaban J connectivity index is 2.03. The average Bonchev–Trinajstić information content (AvgIpc) is 2.93. The largest absolute Gasteiger partial charge is 0.370 e. The second-order valence-electron chi connectivity index (χ2n) is 4.41. The van der Waals surface area contributed by atoms with Crippen LogP contribution in [0.3, 0.4) is 0 Å². The van der Waals surface area contributed by atoms with Gasteiger partial charge in [-0.25, -0.2) is 9.97 Å². The molecule has 0 radical (unpaired) electrons. The summed E-state index contributed by atoms with van der Waals surface area (Å²) in [6.45, 7) is 0.740. The molecule has 1 saturated heterocycles. The first-order valence-corrected chi connectivity index (χ1v) is 6.91. The third-order valence-corrected chi connectivity index (χ3v) is 3.67. The van der Waals surface area contributed by atoms with E-state index in [1.807, 2.05) is 30.3 Å². The van der Waals surface area contributed by atoms with Gasteiger partial charge in [0, 0.05) is 6.61 Å². The van der Waals surface area contributed by atoms with E-state index in [-0.39, 0.29) is 6.10 Å². The number of benzene rings is 1. The van der Waals surface area contributed by atoms with Crippen molar-refractivity contribution in [1.82, 2.24) is 9.97 Å². The van der Waals surface area contributed by atoms with Gasteiger partial charge in [-0.05, 0) is 18.4 Å². The number of hydrogen-bond donors (Lipinski definition) is 0. The topological polar surface area (TPSA) is 35.0 Å². The third-order valence-electron chi connectivity index (χ3n) is 3.12. The molecule has 0 N–H and O–H groups in total. The Kier molecular flexibility index (Phi) is 3.69. The zero-order chi connectivity index (χ0) is 13.2. The molecule has 3 nitrogen and oxygen atoms in total. The number of aromatic nitrogens is 2. The number of ether oxygens (including phenoxy) is 1. The van der Waals surface area contributed by atoms with Crippen LogP contribution in [0.4, 0.5) is 0 Å². The average molecular weight is 295 g/mol. The van der Waals surface area contributed by atoms with Gasteiger partial charge >= 0.3 is 0 Å². The van der Waals surface area contributed by atoms with Crippen LogP contribution in [0, 0.1) is 0 Å². The van der Waals surface area contributed by atoms with Crippen LogP contribution < -0.4 is 0 Å². The van der Waals surface area contributed by atoms with E-state index in [1.165, 1.54) is 0 Å². The molecule has 1 aromatic carbocycles. The minimum absolute atomic E-state index is 0.0835. The van der Waals surface area contributed by atoms with Crippen LogP contribution in [0.25, 0.3) is 11.1 Å². The van der Waals surface area contributed by atoms with Crippen LogP contribution in [0.1, 0.15) is 24.8 Å². The maximum absolute atomic E-state index is 6.26. The normalized spacial score (nSPS) is 18.7. The van der Waals surface area contributed by atoms with Gasteiger partial charge in [-0.15, -0.1) is 0 Å². The summed E-state index contributed by atoms with van der Waals surface area (Å²) in [5, 5.41) is 0.744. The van der Waals surface area contributed by atoms with E-state index in [2.05, 4.69) is 9.97 Å². The van der Waals surface area contributed by atoms with Gasteiger partial charge in [-0.3, -0.25) is 0 Å². The molecular weight excluding hydrogens is 283 g/mol. The fourth-order valence-electron chi connectivity index (χ4n) is 2.19. The molecule has 1 fully saturated rings. The second kappa shape index (κ2) is 5.45. The fraction of sp³-hybridized carbons (Fsp3) is 0.286. The van der Waals surface area contributed by atoms with E-state index < -0.39 is 0 Å². The summed E-state index contributed by atoms with van der Waals surface area (Å²) in [5.41, 5.74) is 1.59. The van der Waals surface area contributed by atoms with E-state index >= 15 is 0 Å². The molecule has 0 spiro atoms. The lowest BCUT2D eigenvalue weighted by Crippen LogP contribution is -2.04. The van der Waals surface area contributed by atoms with Crippen molar-refractivity contribution in [2.24, 2.45) is 0 Å². The van der Waals surface area contributed by atoms with Crippen molar-refractivity contribution in [2.75, 3.05) is 6.61 Å². The SMILES string of the molecule is Clc1nc(C2CCCO2)nc(Cl)c1-c1ccccc1. The zero-order valence-corrected chi connectivity index (χ0v) is 11.7. The van der Waals surface area contributed by atoms with Gasteiger partial charge < -0.3 is 4.74 Å². The van der Waals surface area contributed by atoms with Crippen molar-refractivity contribution in [2.45, 2.75) is 18.9 Å². The smallest absolute Gasteiger partial charge is 0.160 e. The first kappa shape index (κ1) is 12.9. The maximum atomic E-state index is 6.26. The molecule has 1 aliphatic rings. The van der Waals surface area contributed by atoms with Crippen LogP contribution in [-0.4, -0.2) is 16.6 Å². The first-order chi connectivity index (χ1) is 9.25. The summed E-state index contributed by atoms with van der Waals surface area (Å²) < 4.78 is 5.55. The van der Waals surface area contributed by atoms with Gasteiger partial charge in [-0.2, -0.15) is 0 Å². The lowest BCUT2D eigenvalue weighted by atomic mass is 10.1. The van der Waals surface area contributed by atoms with Gasteiger partial charge in [0.05, 0.1) is 5.56 Å². The highest BCUT2D eigenvalue weighted by atomic mass is 35.5. The van der Waals surface area contributed by atoms with Crippen LogP contribution in [-0.2, 0) is 4.74 Å². The molecule has 2 aromatic rings. The molecule has 3 rings (SSSR count). The summed E-state index contributed by atoms with van der Waals surface area (Å²) in [4.78, 5) is 8.67. The summed E-state index contributed by atoms with van der Waals surface area (Å²) >= 11 is 12.5. The minimum Gasteiger partial charge on any atom is -0.370 e. The van der Waals surface area contributed by atoms with Crippen molar-refractivity contribution in [1.29, 1.82) is 0 Å². The molecule has 1 unspecified atom stereocenters. The first-order valence-electron chi connectivity index (χ1n) is 6.15. The number of hydrogen-bond acceptors (Lipinski definition) is 3. The molecule has 19 heavy (non-hydrogen) atoms. The molecule has 0 aliphatic carbocycles. The van der Waals surface area contributed by atoms with Crippen molar-refractivity contribution < 1.29 is 4.74 Å². The van der Waals surface area contributed by atoms with E-state index in [0.29, 0.717) is 21.7 Å². The number of nitrogens with zero attached hydrogens (tertiary/aromatic N) is 2. The maximum Gasteiger partial charge on any atom is 0.160 e. The Bertz CT molecular complexity index is 560. The fourth-order valence-corrected chi connectivity index (χ4v) is 2.81. The minimum atomic E-state index is -0.0835. The number of halogens is 2. The number of rotatable bonds is 2. The molecule has 0 amide bonds. The van der Waals surface area contributed by atoms with Crippen LogP contribution in [0.5, 0.6) is 0 Å². The Morgan fingerprint density at radius 2 is 1.74 bits per heavy atom. The Morgan fingerprint density at radius 3 is 2.32 bits per heavy atom. The summed E-state index contributed by atoms with van der Waals surface area (Å²) in [5.74, 6) is 0.576. The van der Waals surface area contributed by atoms with Crippen molar-refractivity contribution in [3.8, 4) is 11.1 Å². The second-order valence-corrected chi connectivity index (χ2v) is 5.12. The Hall–Kier alpha value is -1.16. The molecule has 1 aromatic heterocycles. The standard InChI is InChI=1S/C14H12Cl2N2O/c15-12-11(9-5-2-1-3-6-9)13(16)18-14(17-12)10-7-4-8-19-10/h1-3,5-6,10H,4,7-8H2. The molecule has 98 valence electrons. The summed E-state index contributed by atoms with van der Waals surface area (Å²) in [6, 6.07) is 9.66. The lowest BCUT2D eigenvalue weighted by Gasteiger charge is -2.12. The molecule has 1 aliphatic heterocycles.